The van der Waals surface area contributed by atoms with Gasteiger partial charge in [0.25, 0.3) is 0 Å². The van der Waals surface area contributed by atoms with Crippen molar-refractivity contribution in [2.45, 2.75) is 42.9 Å². The Kier molecular flexibility index (Phi) is 4.55. The molecule has 0 unspecified atom stereocenters. The van der Waals surface area contributed by atoms with Crippen LogP contribution in [0.5, 0.6) is 0 Å². The predicted molar refractivity (Wildman–Crippen MR) is 80.8 cm³/mol. The van der Waals surface area contributed by atoms with Gasteiger partial charge in [0.05, 0.1) is 5.02 Å². The zero-order chi connectivity index (χ0) is 13.9. The Balaban J connectivity index is 2.21. The molecule has 0 aliphatic rings. The minimum atomic E-state index is 0.0783. The second kappa shape index (κ2) is 5.99. The molecule has 0 atom stereocenters. The third kappa shape index (κ3) is 4.27. The molecule has 102 valence electrons. The Morgan fingerprint density at radius 2 is 2.16 bits per heavy atom. The maximum Gasteiger partial charge on any atom is 0.170 e. The van der Waals surface area contributed by atoms with Gasteiger partial charge in [0.2, 0.25) is 0 Å². The minimum absolute atomic E-state index is 0.0783. The molecular weight excluding hydrogens is 278 g/mol. The third-order valence-electron chi connectivity index (χ3n) is 2.53. The summed E-state index contributed by atoms with van der Waals surface area (Å²) in [5.74, 6) is 0. The average Bonchev–Trinajstić information content (AvgIpc) is 2.82. The summed E-state index contributed by atoms with van der Waals surface area (Å²) in [5, 5.41) is 5.09. The summed E-state index contributed by atoms with van der Waals surface area (Å²) in [6.07, 6.45) is 3.55. The van der Waals surface area contributed by atoms with Crippen molar-refractivity contribution in [2.75, 3.05) is 0 Å². The maximum atomic E-state index is 6.31. The van der Waals surface area contributed by atoms with Gasteiger partial charge in [0, 0.05) is 29.4 Å². The van der Waals surface area contributed by atoms with Gasteiger partial charge in [-0.05, 0) is 44.2 Å². The molecule has 3 nitrogen and oxygen atoms in total. The molecule has 0 saturated heterocycles. The smallest absolute Gasteiger partial charge is 0.170 e. The van der Waals surface area contributed by atoms with Crippen molar-refractivity contribution in [3.63, 3.8) is 0 Å². The number of imidazole rings is 1. The molecule has 0 fully saturated rings. The fourth-order valence-electron chi connectivity index (χ4n) is 1.57. The van der Waals surface area contributed by atoms with Crippen molar-refractivity contribution in [3.8, 4) is 0 Å². The number of benzene rings is 1. The van der Waals surface area contributed by atoms with E-state index in [0.717, 1.165) is 21.6 Å². The number of rotatable bonds is 4. The average molecular weight is 296 g/mol. The van der Waals surface area contributed by atoms with Crippen LogP contribution in [0.3, 0.4) is 0 Å². The molecule has 0 spiro atoms. The van der Waals surface area contributed by atoms with E-state index < -0.39 is 0 Å². The Morgan fingerprint density at radius 3 is 2.79 bits per heavy atom. The summed E-state index contributed by atoms with van der Waals surface area (Å²) in [5.41, 5.74) is 1.26. The molecule has 1 aromatic heterocycles. The fraction of sp³-hybridized carbons (Fsp3) is 0.357. The van der Waals surface area contributed by atoms with Crippen molar-refractivity contribution in [1.82, 2.24) is 15.3 Å². The zero-order valence-corrected chi connectivity index (χ0v) is 12.9. The predicted octanol–water partition coefficient (Wildman–Crippen LogP) is 4.10. The van der Waals surface area contributed by atoms with Gasteiger partial charge in [-0.2, -0.15) is 0 Å². The highest BCUT2D eigenvalue weighted by Gasteiger charge is 2.13. The van der Waals surface area contributed by atoms with Gasteiger partial charge in [-0.25, -0.2) is 4.98 Å². The summed E-state index contributed by atoms with van der Waals surface area (Å²) < 4.78 is 0. The standard InChI is InChI=1S/C14H18ClN3S/c1-14(2,3)18-9-10-5-4-6-11(15)12(10)19-13-16-7-8-17-13/h4-8,18H,9H2,1-3H3,(H,16,17). The number of nitrogens with one attached hydrogen (secondary N) is 2. The van der Waals surface area contributed by atoms with E-state index in [2.05, 4.69) is 42.1 Å². The molecule has 1 heterocycles. The summed E-state index contributed by atoms with van der Waals surface area (Å²) in [7, 11) is 0. The first-order chi connectivity index (χ1) is 8.96. The molecule has 0 aliphatic carbocycles. The van der Waals surface area contributed by atoms with Gasteiger partial charge in [0.15, 0.2) is 5.16 Å². The Hall–Kier alpha value is -0.970. The summed E-state index contributed by atoms with van der Waals surface area (Å²) in [4.78, 5) is 8.37. The number of aromatic nitrogens is 2. The van der Waals surface area contributed by atoms with Crippen LogP contribution in [0, 0.1) is 0 Å². The van der Waals surface area contributed by atoms with Crippen LogP contribution < -0.4 is 5.32 Å². The number of hydrogen-bond donors (Lipinski definition) is 2. The maximum absolute atomic E-state index is 6.31. The SMILES string of the molecule is CC(C)(C)NCc1cccc(Cl)c1Sc1ncc[nH]1. The van der Waals surface area contributed by atoms with E-state index in [0.29, 0.717) is 0 Å². The van der Waals surface area contributed by atoms with E-state index in [1.807, 2.05) is 18.3 Å². The van der Waals surface area contributed by atoms with Crippen molar-refractivity contribution >= 4 is 23.4 Å². The largest absolute Gasteiger partial charge is 0.339 e. The number of nitrogens with zero attached hydrogens (tertiary/aromatic N) is 1. The van der Waals surface area contributed by atoms with E-state index >= 15 is 0 Å². The Morgan fingerprint density at radius 1 is 1.37 bits per heavy atom. The third-order valence-corrected chi connectivity index (χ3v) is 4.06. The normalized spacial score (nSPS) is 11.8. The number of H-pyrrole nitrogens is 1. The molecule has 0 bridgehead atoms. The summed E-state index contributed by atoms with van der Waals surface area (Å²) in [6.45, 7) is 7.23. The van der Waals surface area contributed by atoms with E-state index in [4.69, 9.17) is 11.6 Å². The van der Waals surface area contributed by atoms with Gasteiger partial charge in [-0.3, -0.25) is 0 Å². The molecule has 0 radical (unpaired) electrons. The van der Waals surface area contributed by atoms with Gasteiger partial charge in [-0.1, -0.05) is 23.7 Å². The first-order valence-corrected chi connectivity index (χ1v) is 7.35. The monoisotopic (exact) mass is 295 g/mol. The first-order valence-electron chi connectivity index (χ1n) is 6.15. The van der Waals surface area contributed by atoms with Gasteiger partial charge in [-0.15, -0.1) is 0 Å². The lowest BCUT2D eigenvalue weighted by Gasteiger charge is -2.21. The number of aromatic amines is 1. The summed E-state index contributed by atoms with van der Waals surface area (Å²) >= 11 is 7.87. The van der Waals surface area contributed by atoms with Crippen molar-refractivity contribution < 1.29 is 0 Å². The van der Waals surface area contributed by atoms with Gasteiger partial charge >= 0.3 is 0 Å². The fourth-order valence-corrected chi connectivity index (χ4v) is 2.75. The Bertz CT molecular complexity index is 532. The van der Waals surface area contributed by atoms with Crippen LogP contribution in [0.4, 0.5) is 0 Å². The van der Waals surface area contributed by atoms with Crippen LogP contribution in [0.1, 0.15) is 26.3 Å². The van der Waals surface area contributed by atoms with E-state index in [-0.39, 0.29) is 5.54 Å². The lowest BCUT2D eigenvalue weighted by atomic mass is 10.1. The highest BCUT2D eigenvalue weighted by atomic mass is 35.5. The van der Waals surface area contributed by atoms with E-state index in [1.54, 1.807) is 18.0 Å². The molecule has 2 aromatic rings. The number of halogens is 1. The van der Waals surface area contributed by atoms with Crippen LogP contribution in [0.2, 0.25) is 5.02 Å². The molecule has 2 rings (SSSR count). The number of hydrogen-bond acceptors (Lipinski definition) is 3. The molecule has 0 saturated carbocycles. The minimum Gasteiger partial charge on any atom is -0.339 e. The Labute approximate surface area is 123 Å². The van der Waals surface area contributed by atoms with Crippen molar-refractivity contribution in [1.29, 1.82) is 0 Å². The van der Waals surface area contributed by atoms with Crippen LogP contribution >= 0.6 is 23.4 Å². The van der Waals surface area contributed by atoms with E-state index in [1.165, 1.54) is 5.56 Å². The van der Waals surface area contributed by atoms with Gasteiger partial charge < -0.3 is 10.3 Å². The molecule has 2 N–H and O–H groups in total. The van der Waals surface area contributed by atoms with Crippen LogP contribution in [0.25, 0.3) is 0 Å². The summed E-state index contributed by atoms with van der Waals surface area (Å²) in [6, 6.07) is 5.98. The molecule has 1 aromatic carbocycles. The van der Waals surface area contributed by atoms with E-state index in [9.17, 15) is 0 Å². The molecular formula is C14H18ClN3S. The van der Waals surface area contributed by atoms with Crippen molar-refractivity contribution in [3.05, 3.63) is 41.2 Å². The second-order valence-corrected chi connectivity index (χ2v) is 6.73. The highest BCUT2D eigenvalue weighted by molar-refractivity contribution is 7.99. The first kappa shape index (κ1) is 14.4. The molecule has 19 heavy (non-hydrogen) atoms. The zero-order valence-electron chi connectivity index (χ0n) is 11.3. The van der Waals surface area contributed by atoms with Gasteiger partial charge in [0.1, 0.15) is 0 Å². The topological polar surface area (TPSA) is 40.7 Å². The lowest BCUT2D eigenvalue weighted by Crippen LogP contribution is -2.35. The van der Waals surface area contributed by atoms with Crippen LogP contribution in [-0.2, 0) is 6.54 Å². The second-order valence-electron chi connectivity index (χ2n) is 5.33. The quantitative estimate of drug-likeness (QED) is 0.892. The molecule has 5 heteroatoms. The highest BCUT2D eigenvalue weighted by Crippen LogP contribution is 2.34. The van der Waals surface area contributed by atoms with Crippen LogP contribution in [-0.4, -0.2) is 15.5 Å². The van der Waals surface area contributed by atoms with Crippen LogP contribution in [0.15, 0.2) is 40.6 Å². The molecule has 0 aliphatic heterocycles. The lowest BCUT2D eigenvalue weighted by molar-refractivity contribution is 0.422. The molecule has 0 amide bonds. The van der Waals surface area contributed by atoms with Crippen molar-refractivity contribution in [2.24, 2.45) is 0 Å².